The van der Waals surface area contributed by atoms with Crippen molar-refractivity contribution in [2.75, 3.05) is 5.84 Å². The third-order valence-electron chi connectivity index (χ3n) is 5.19. The molecule has 1 heterocycles. The highest BCUT2D eigenvalue weighted by molar-refractivity contribution is 7.89. The van der Waals surface area contributed by atoms with Gasteiger partial charge >= 0.3 is 5.69 Å². The first-order valence-corrected chi connectivity index (χ1v) is 9.88. The molecule has 146 valence electrons. The highest BCUT2D eigenvalue weighted by Gasteiger charge is 2.57. The second-order valence-corrected chi connectivity index (χ2v) is 9.26. The van der Waals surface area contributed by atoms with Crippen molar-refractivity contribution in [3.05, 3.63) is 39.0 Å². The van der Waals surface area contributed by atoms with E-state index in [1.54, 1.807) is 6.92 Å². The Labute approximate surface area is 152 Å². The summed E-state index contributed by atoms with van der Waals surface area (Å²) in [7, 11) is -3.88. The number of fused-ring (bicyclic) bond motifs is 1. The molecule has 11 heteroatoms. The zero-order chi connectivity index (χ0) is 19.8. The highest BCUT2D eigenvalue weighted by atomic mass is 32.2. The zero-order valence-electron chi connectivity index (χ0n) is 14.4. The molecule has 2 fully saturated rings. The molecule has 27 heavy (non-hydrogen) atoms. The average Bonchev–Trinajstić information content (AvgIpc) is 3.46. The Hall–Kier alpha value is -2.27. The largest absolute Gasteiger partial charge is 0.350 e. The van der Waals surface area contributed by atoms with E-state index in [0.29, 0.717) is 17.5 Å². The SMILES string of the molecule is CC1(NS(=O)(=O)c2ccc3c(c2)c(=O)n(N)c(=O)n3CC2CC2(F)F)CC1. The molecular formula is C16H18F2N4O4S. The maximum absolute atomic E-state index is 13.3. The van der Waals surface area contributed by atoms with Gasteiger partial charge in [0.2, 0.25) is 10.0 Å². The van der Waals surface area contributed by atoms with E-state index >= 15 is 0 Å². The molecule has 1 atom stereocenters. The predicted octanol–water partition coefficient (Wildman–Crippen LogP) is 0.363. The van der Waals surface area contributed by atoms with E-state index in [0.717, 1.165) is 10.6 Å². The number of alkyl halides is 2. The topological polar surface area (TPSA) is 116 Å². The smallest absolute Gasteiger partial charge is 0.332 e. The van der Waals surface area contributed by atoms with E-state index < -0.39 is 38.7 Å². The number of rotatable bonds is 5. The maximum atomic E-state index is 13.3. The molecule has 1 aromatic heterocycles. The van der Waals surface area contributed by atoms with Crippen molar-refractivity contribution in [1.29, 1.82) is 0 Å². The van der Waals surface area contributed by atoms with E-state index in [1.807, 2.05) is 0 Å². The third kappa shape index (κ3) is 3.04. The van der Waals surface area contributed by atoms with Crippen molar-refractivity contribution in [1.82, 2.24) is 14.0 Å². The minimum absolute atomic E-state index is 0.0750. The number of benzene rings is 1. The molecule has 0 aliphatic heterocycles. The van der Waals surface area contributed by atoms with Crippen LogP contribution >= 0.6 is 0 Å². The fourth-order valence-electron chi connectivity index (χ4n) is 3.08. The van der Waals surface area contributed by atoms with Crippen LogP contribution in [-0.2, 0) is 16.6 Å². The molecule has 0 spiro atoms. The molecule has 0 amide bonds. The van der Waals surface area contributed by atoms with E-state index in [1.165, 1.54) is 12.1 Å². The van der Waals surface area contributed by atoms with Gasteiger partial charge in [0.25, 0.3) is 11.5 Å². The second-order valence-electron chi connectivity index (χ2n) is 7.58. The lowest BCUT2D eigenvalue weighted by Crippen LogP contribution is -2.45. The summed E-state index contributed by atoms with van der Waals surface area (Å²) in [5, 5.41) is -0.120. The van der Waals surface area contributed by atoms with Crippen LogP contribution in [-0.4, -0.2) is 29.1 Å². The molecule has 2 aliphatic carbocycles. The van der Waals surface area contributed by atoms with Crippen molar-refractivity contribution in [3.8, 4) is 0 Å². The second kappa shape index (κ2) is 5.38. The summed E-state index contributed by atoms with van der Waals surface area (Å²) in [5.41, 5.74) is -2.23. The minimum Gasteiger partial charge on any atom is -0.332 e. The van der Waals surface area contributed by atoms with Crippen LogP contribution < -0.4 is 21.8 Å². The van der Waals surface area contributed by atoms with Crippen LogP contribution in [0.25, 0.3) is 10.9 Å². The molecule has 2 aromatic rings. The van der Waals surface area contributed by atoms with Crippen molar-refractivity contribution in [2.24, 2.45) is 5.92 Å². The van der Waals surface area contributed by atoms with Crippen LogP contribution in [0.4, 0.5) is 8.78 Å². The number of nitrogens with zero attached hydrogens (tertiary/aromatic N) is 2. The third-order valence-corrected chi connectivity index (χ3v) is 6.83. The average molecular weight is 400 g/mol. The number of nitrogen functional groups attached to an aromatic ring is 1. The maximum Gasteiger partial charge on any atom is 0.350 e. The number of hydrogen-bond acceptors (Lipinski definition) is 5. The normalized spacial score (nSPS) is 22.7. The van der Waals surface area contributed by atoms with Crippen LogP contribution in [0.5, 0.6) is 0 Å². The van der Waals surface area contributed by atoms with Crippen LogP contribution in [0, 0.1) is 5.92 Å². The van der Waals surface area contributed by atoms with Gasteiger partial charge in [0.05, 0.1) is 15.8 Å². The summed E-state index contributed by atoms with van der Waals surface area (Å²) in [6, 6.07) is 3.65. The Morgan fingerprint density at radius 2 is 1.93 bits per heavy atom. The minimum atomic E-state index is -3.88. The van der Waals surface area contributed by atoms with Crippen molar-refractivity contribution in [2.45, 2.75) is 49.1 Å². The van der Waals surface area contributed by atoms with Gasteiger partial charge in [-0.15, -0.1) is 0 Å². The van der Waals surface area contributed by atoms with Gasteiger partial charge in [-0.1, -0.05) is 0 Å². The molecule has 1 aromatic carbocycles. The Morgan fingerprint density at radius 3 is 2.48 bits per heavy atom. The van der Waals surface area contributed by atoms with Crippen molar-refractivity contribution < 1.29 is 17.2 Å². The van der Waals surface area contributed by atoms with Crippen LogP contribution in [0.2, 0.25) is 0 Å². The summed E-state index contributed by atoms with van der Waals surface area (Å²) in [5.74, 6) is 1.63. The zero-order valence-corrected chi connectivity index (χ0v) is 15.2. The Morgan fingerprint density at radius 1 is 1.30 bits per heavy atom. The van der Waals surface area contributed by atoms with E-state index in [4.69, 9.17) is 5.84 Å². The van der Waals surface area contributed by atoms with Gasteiger partial charge in [-0.3, -0.25) is 9.36 Å². The first-order valence-electron chi connectivity index (χ1n) is 8.40. The number of nitrogens with two attached hydrogens (primary N) is 1. The van der Waals surface area contributed by atoms with E-state index in [9.17, 15) is 26.8 Å². The van der Waals surface area contributed by atoms with Gasteiger partial charge in [-0.25, -0.2) is 26.7 Å². The molecule has 3 N–H and O–H groups in total. The Bertz CT molecular complexity index is 1180. The number of nitrogens with one attached hydrogen (secondary N) is 1. The Kier molecular flexibility index (Phi) is 3.61. The van der Waals surface area contributed by atoms with Crippen LogP contribution in [0.15, 0.2) is 32.7 Å². The lowest BCUT2D eigenvalue weighted by Gasteiger charge is -2.15. The highest BCUT2D eigenvalue weighted by Crippen LogP contribution is 2.49. The molecular weight excluding hydrogens is 382 g/mol. The van der Waals surface area contributed by atoms with Gasteiger partial charge < -0.3 is 5.84 Å². The summed E-state index contributed by atoms with van der Waals surface area (Å²) in [4.78, 5) is 24.5. The standard InChI is InChI=1S/C16H18F2N4O4S/c1-15(4-5-15)20-27(25,26)10-2-3-12-11(6-10)13(23)22(19)14(24)21(12)8-9-7-16(9,17)18/h2-3,6,9,20H,4-5,7-8,19H2,1H3. The molecule has 0 bridgehead atoms. The lowest BCUT2D eigenvalue weighted by molar-refractivity contribution is 0.0950. The monoisotopic (exact) mass is 400 g/mol. The first-order chi connectivity index (χ1) is 12.4. The van der Waals surface area contributed by atoms with Gasteiger partial charge in [-0.2, -0.15) is 4.68 Å². The fraction of sp³-hybridized carbons (Fsp3) is 0.500. The number of halogens is 2. The van der Waals surface area contributed by atoms with Gasteiger partial charge in [-0.05, 0) is 38.0 Å². The fourth-order valence-corrected chi connectivity index (χ4v) is 4.57. The molecule has 2 aliphatic rings. The molecule has 4 rings (SSSR count). The molecule has 0 saturated heterocycles. The molecule has 0 radical (unpaired) electrons. The van der Waals surface area contributed by atoms with Crippen LogP contribution in [0.1, 0.15) is 26.2 Å². The van der Waals surface area contributed by atoms with Crippen molar-refractivity contribution >= 4 is 20.9 Å². The van der Waals surface area contributed by atoms with E-state index in [-0.39, 0.29) is 28.8 Å². The summed E-state index contributed by atoms with van der Waals surface area (Å²) >= 11 is 0. The predicted molar refractivity (Wildman–Crippen MR) is 93.6 cm³/mol. The van der Waals surface area contributed by atoms with Gasteiger partial charge in [0, 0.05) is 24.4 Å². The van der Waals surface area contributed by atoms with E-state index in [2.05, 4.69) is 4.72 Å². The number of sulfonamides is 1. The van der Waals surface area contributed by atoms with Crippen molar-refractivity contribution in [3.63, 3.8) is 0 Å². The quantitative estimate of drug-likeness (QED) is 0.703. The number of aromatic nitrogens is 2. The summed E-state index contributed by atoms with van der Waals surface area (Å²) in [6.45, 7) is 1.47. The molecule has 1 unspecified atom stereocenters. The summed E-state index contributed by atoms with van der Waals surface area (Å²) in [6.07, 6.45) is 1.08. The first kappa shape index (κ1) is 18.1. The number of hydrogen-bond donors (Lipinski definition) is 2. The van der Waals surface area contributed by atoms with Gasteiger partial charge in [0.1, 0.15) is 0 Å². The lowest BCUT2D eigenvalue weighted by atomic mass is 10.2. The van der Waals surface area contributed by atoms with Gasteiger partial charge in [0.15, 0.2) is 0 Å². The van der Waals surface area contributed by atoms with Crippen LogP contribution in [0.3, 0.4) is 0 Å². The summed E-state index contributed by atoms with van der Waals surface area (Å²) < 4.78 is 55.5. The molecule has 8 nitrogen and oxygen atoms in total. The molecule has 2 saturated carbocycles. The Balaban J connectivity index is 1.84.